The van der Waals surface area contributed by atoms with Crippen LogP contribution in [0.4, 0.5) is 0 Å². The molecule has 28 heavy (non-hydrogen) atoms. The van der Waals surface area contributed by atoms with Crippen molar-refractivity contribution in [2.75, 3.05) is 19.7 Å². The molecule has 1 aliphatic heterocycles. The van der Waals surface area contributed by atoms with Gasteiger partial charge in [0.25, 0.3) is 0 Å². The van der Waals surface area contributed by atoms with E-state index in [1.165, 1.54) is 0 Å². The van der Waals surface area contributed by atoms with E-state index in [0.29, 0.717) is 25.3 Å². The molecule has 1 fully saturated rings. The number of ether oxygens (including phenoxy) is 1. The van der Waals surface area contributed by atoms with Gasteiger partial charge >= 0.3 is 0 Å². The van der Waals surface area contributed by atoms with Gasteiger partial charge in [-0.05, 0) is 62.3 Å². The Morgan fingerprint density at radius 3 is 2.86 bits per heavy atom. The molecule has 1 aromatic carbocycles. The van der Waals surface area contributed by atoms with Crippen LogP contribution in [-0.4, -0.2) is 50.0 Å². The SMILES string of the molecule is OC1(COc2ccc3nc(-c4nnc5ccccn45)ccc3c2)CCNCC1. The lowest BCUT2D eigenvalue weighted by Crippen LogP contribution is -2.45. The molecule has 0 unspecified atom stereocenters. The van der Waals surface area contributed by atoms with E-state index in [1.54, 1.807) is 0 Å². The summed E-state index contributed by atoms with van der Waals surface area (Å²) in [6.07, 6.45) is 3.34. The molecule has 0 spiro atoms. The number of benzene rings is 1. The van der Waals surface area contributed by atoms with E-state index < -0.39 is 5.60 Å². The number of nitrogens with one attached hydrogen (secondary N) is 1. The van der Waals surface area contributed by atoms with Crippen molar-refractivity contribution in [2.24, 2.45) is 0 Å². The maximum Gasteiger partial charge on any atom is 0.187 e. The number of fused-ring (bicyclic) bond motifs is 2. The molecule has 7 heteroatoms. The first-order valence-corrected chi connectivity index (χ1v) is 9.47. The van der Waals surface area contributed by atoms with Gasteiger partial charge in [-0.3, -0.25) is 4.40 Å². The average Bonchev–Trinajstić information content (AvgIpc) is 3.17. The van der Waals surface area contributed by atoms with Crippen molar-refractivity contribution in [3.8, 4) is 17.3 Å². The van der Waals surface area contributed by atoms with Gasteiger partial charge in [0.2, 0.25) is 0 Å². The molecule has 3 aromatic heterocycles. The van der Waals surface area contributed by atoms with Gasteiger partial charge in [-0.2, -0.15) is 0 Å². The van der Waals surface area contributed by atoms with Crippen LogP contribution in [0.15, 0.2) is 54.7 Å². The maximum absolute atomic E-state index is 10.6. The minimum Gasteiger partial charge on any atom is -0.491 e. The molecule has 7 nitrogen and oxygen atoms in total. The third-order valence-corrected chi connectivity index (χ3v) is 5.25. The second-order valence-corrected chi connectivity index (χ2v) is 7.27. The Bertz CT molecular complexity index is 1130. The maximum atomic E-state index is 10.6. The fourth-order valence-electron chi connectivity index (χ4n) is 3.59. The summed E-state index contributed by atoms with van der Waals surface area (Å²) < 4.78 is 7.81. The second kappa shape index (κ2) is 6.85. The van der Waals surface area contributed by atoms with E-state index in [0.717, 1.165) is 41.1 Å². The van der Waals surface area contributed by atoms with E-state index in [4.69, 9.17) is 9.72 Å². The summed E-state index contributed by atoms with van der Waals surface area (Å²) in [7, 11) is 0. The van der Waals surface area contributed by atoms with Crippen molar-refractivity contribution in [2.45, 2.75) is 18.4 Å². The lowest BCUT2D eigenvalue weighted by molar-refractivity contribution is -0.0285. The quantitative estimate of drug-likeness (QED) is 0.570. The van der Waals surface area contributed by atoms with Crippen LogP contribution in [0, 0.1) is 0 Å². The highest BCUT2D eigenvalue weighted by Crippen LogP contribution is 2.25. The number of nitrogens with zero attached hydrogens (tertiary/aromatic N) is 4. The molecule has 1 saturated heterocycles. The highest BCUT2D eigenvalue weighted by Gasteiger charge is 2.29. The topological polar surface area (TPSA) is 84.6 Å². The van der Waals surface area contributed by atoms with Crippen LogP contribution in [0.2, 0.25) is 0 Å². The zero-order valence-electron chi connectivity index (χ0n) is 15.4. The predicted octanol–water partition coefficient (Wildman–Crippen LogP) is 2.44. The molecule has 142 valence electrons. The highest BCUT2D eigenvalue weighted by atomic mass is 16.5. The monoisotopic (exact) mass is 375 g/mol. The summed E-state index contributed by atoms with van der Waals surface area (Å²) in [5.74, 6) is 1.45. The molecular weight excluding hydrogens is 354 g/mol. The molecule has 0 radical (unpaired) electrons. The molecule has 0 bridgehead atoms. The van der Waals surface area contributed by atoms with Crippen LogP contribution >= 0.6 is 0 Å². The second-order valence-electron chi connectivity index (χ2n) is 7.27. The zero-order valence-corrected chi connectivity index (χ0v) is 15.4. The molecular formula is C21H21N5O2. The Morgan fingerprint density at radius 2 is 1.96 bits per heavy atom. The number of aromatic nitrogens is 4. The van der Waals surface area contributed by atoms with Crippen LogP contribution in [0.5, 0.6) is 5.75 Å². The summed E-state index contributed by atoms with van der Waals surface area (Å²) in [6, 6.07) is 15.5. The Hall–Kier alpha value is -3.03. The number of hydrogen-bond donors (Lipinski definition) is 2. The predicted molar refractivity (Wildman–Crippen MR) is 106 cm³/mol. The smallest absolute Gasteiger partial charge is 0.187 e. The largest absolute Gasteiger partial charge is 0.491 e. The highest BCUT2D eigenvalue weighted by molar-refractivity contribution is 5.82. The molecule has 0 aliphatic carbocycles. The van der Waals surface area contributed by atoms with E-state index >= 15 is 0 Å². The first-order valence-electron chi connectivity index (χ1n) is 9.47. The van der Waals surface area contributed by atoms with E-state index in [-0.39, 0.29) is 0 Å². The van der Waals surface area contributed by atoms with Crippen LogP contribution < -0.4 is 10.1 Å². The van der Waals surface area contributed by atoms with Crippen LogP contribution in [0.25, 0.3) is 28.1 Å². The molecule has 4 aromatic rings. The van der Waals surface area contributed by atoms with Crippen molar-refractivity contribution in [1.29, 1.82) is 0 Å². The zero-order chi connectivity index (χ0) is 19.0. The lowest BCUT2D eigenvalue weighted by atomic mass is 9.93. The lowest BCUT2D eigenvalue weighted by Gasteiger charge is -2.32. The Kier molecular flexibility index (Phi) is 4.18. The molecule has 4 heterocycles. The van der Waals surface area contributed by atoms with Gasteiger partial charge in [-0.15, -0.1) is 10.2 Å². The molecule has 0 saturated carbocycles. The van der Waals surface area contributed by atoms with Crippen molar-refractivity contribution < 1.29 is 9.84 Å². The average molecular weight is 375 g/mol. The summed E-state index contributed by atoms with van der Waals surface area (Å²) in [5.41, 5.74) is 1.66. The molecule has 5 rings (SSSR count). The van der Waals surface area contributed by atoms with E-state index in [2.05, 4.69) is 15.5 Å². The van der Waals surface area contributed by atoms with Crippen molar-refractivity contribution in [3.05, 3.63) is 54.7 Å². The third kappa shape index (κ3) is 3.19. The molecule has 1 aliphatic rings. The van der Waals surface area contributed by atoms with Crippen molar-refractivity contribution in [1.82, 2.24) is 24.9 Å². The summed E-state index contributed by atoms with van der Waals surface area (Å²) in [4.78, 5) is 4.74. The molecule has 0 atom stereocenters. The number of aliphatic hydroxyl groups is 1. The Labute approximate surface area is 162 Å². The first kappa shape index (κ1) is 17.1. The Morgan fingerprint density at radius 1 is 1.07 bits per heavy atom. The van der Waals surface area contributed by atoms with Gasteiger partial charge in [-0.25, -0.2) is 4.98 Å². The van der Waals surface area contributed by atoms with Gasteiger partial charge < -0.3 is 15.2 Å². The number of pyridine rings is 2. The fourth-order valence-corrected chi connectivity index (χ4v) is 3.59. The summed E-state index contributed by atoms with van der Waals surface area (Å²) >= 11 is 0. The fraction of sp³-hybridized carbons (Fsp3) is 0.286. The van der Waals surface area contributed by atoms with E-state index in [9.17, 15) is 5.11 Å². The minimum absolute atomic E-state index is 0.303. The molecule has 2 N–H and O–H groups in total. The summed E-state index contributed by atoms with van der Waals surface area (Å²) in [5, 5.41) is 23.3. The minimum atomic E-state index is -0.753. The third-order valence-electron chi connectivity index (χ3n) is 5.25. The first-order chi connectivity index (χ1) is 13.7. The number of hydrogen-bond acceptors (Lipinski definition) is 6. The normalized spacial score (nSPS) is 16.5. The van der Waals surface area contributed by atoms with Crippen LogP contribution in [-0.2, 0) is 0 Å². The van der Waals surface area contributed by atoms with Gasteiger partial charge in [0.05, 0.1) is 5.52 Å². The van der Waals surface area contributed by atoms with Crippen LogP contribution in [0.1, 0.15) is 12.8 Å². The number of rotatable bonds is 4. The standard InChI is InChI=1S/C21H21N5O2/c27-21(8-10-22-11-9-21)14-28-16-5-7-17-15(13-16)4-6-18(23-17)20-25-24-19-3-1-2-12-26(19)20/h1-7,12-13,22,27H,8-11,14H2. The van der Waals surface area contributed by atoms with Crippen molar-refractivity contribution in [3.63, 3.8) is 0 Å². The van der Waals surface area contributed by atoms with E-state index in [1.807, 2.05) is 59.1 Å². The number of piperidine rings is 1. The van der Waals surface area contributed by atoms with Gasteiger partial charge in [0, 0.05) is 11.6 Å². The molecule has 0 amide bonds. The van der Waals surface area contributed by atoms with Gasteiger partial charge in [0.15, 0.2) is 11.5 Å². The van der Waals surface area contributed by atoms with Gasteiger partial charge in [-0.1, -0.05) is 12.1 Å². The Balaban J connectivity index is 1.40. The van der Waals surface area contributed by atoms with Crippen molar-refractivity contribution >= 4 is 16.6 Å². The van der Waals surface area contributed by atoms with Gasteiger partial charge in [0.1, 0.15) is 23.7 Å². The summed E-state index contributed by atoms with van der Waals surface area (Å²) in [6.45, 7) is 1.95. The van der Waals surface area contributed by atoms with Crippen LogP contribution in [0.3, 0.4) is 0 Å².